The van der Waals surface area contributed by atoms with Crippen LogP contribution in [-0.2, 0) is 32.1 Å². The Morgan fingerprint density at radius 3 is 2.55 bits per heavy atom. The minimum absolute atomic E-state index is 0.0311. The van der Waals surface area contributed by atoms with Gasteiger partial charge in [0.2, 0.25) is 0 Å². The number of amides is 2. The second kappa shape index (κ2) is 11.1. The van der Waals surface area contributed by atoms with Crippen LogP contribution < -0.4 is 10.6 Å². The van der Waals surface area contributed by atoms with Gasteiger partial charge in [0.05, 0.1) is 13.2 Å². The van der Waals surface area contributed by atoms with E-state index in [9.17, 15) is 19.6 Å². The molecule has 0 spiro atoms. The van der Waals surface area contributed by atoms with Crippen molar-refractivity contribution >= 4 is 23.9 Å². The highest BCUT2D eigenvalue weighted by Gasteiger charge is 2.15. The maximum absolute atomic E-state index is 12.2. The summed E-state index contributed by atoms with van der Waals surface area (Å²) in [7, 11) is 0. The lowest BCUT2D eigenvalue weighted by Crippen LogP contribution is -2.31. The fraction of sp³-hybridized carbons (Fsp3) is 0.238. The second-order valence-electron chi connectivity index (χ2n) is 5.87. The van der Waals surface area contributed by atoms with Gasteiger partial charge in [0.15, 0.2) is 0 Å². The van der Waals surface area contributed by atoms with Crippen molar-refractivity contribution in [1.82, 2.24) is 10.6 Å². The first-order valence-corrected chi connectivity index (χ1v) is 9.01. The number of esters is 1. The fourth-order valence-corrected chi connectivity index (χ4v) is 2.35. The van der Waals surface area contributed by atoms with Gasteiger partial charge < -0.3 is 19.8 Å². The normalized spacial score (nSPS) is 10.7. The van der Waals surface area contributed by atoms with E-state index in [0.29, 0.717) is 18.7 Å². The highest BCUT2D eigenvalue weighted by molar-refractivity contribution is 6.32. The molecule has 8 heteroatoms. The number of nitriles is 1. The van der Waals surface area contributed by atoms with Gasteiger partial charge in [-0.05, 0) is 31.0 Å². The van der Waals surface area contributed by atoms with Crippen LogP contribution in [0, 0.1) is 11.3 Å². The van der Waals surface area contributed by atoms with Gasteiger partial charge in [0.25, 0.3) is 5.91 Å². The molecule has 8 nitrogen and oxygen atoms in total. The van der Waals surface area contributed by atoms with E-state index >= 15 is 0 Å². The van der Waals surface area contributed by atoms with Crippen LogP contribution in [0.1, 0.15) is 24.0 Å². The SMILES string of the molecule is CCOC(=O)C(=O)NCc1ccc(/C=C(/C#N)C(=O)NCCc2ccccc2)o1. The van der Waals surface area contributed by atoms with Gasteiger partial charge in [-0.15, -0.1) is 0 Å². The van der Waals surface area contributed by atoms with Gasteiger partial charge in [0.1, 0.15) is 23.2 Å². The molecule has 0 saturated carbocycles. The Morgan fingerprint density at radius 1 is 1.10 bits per heavy atom. The molecule has 2 aromatic rings. The maximum Gasteiger partial charge on any atom is 0.396 e. The summed E-state index contributed by atoms with van der Waals surface area (Å²) >= 11 is 0. The monoisotopic (exact) mass is 395 g/mol. The summed E-state index contributed by atoms with van der Waals surface area (Å²) in [6.45, 7) is 2.06. The molecule has 2 amide bonds. The summed E-state index contributed by atoms with van der Waals surface area (Å²) in [4.78, 5) is 34.9. The number of carbonyl (C=O) groups excluding carboxylic acids is 3. The molecule has 0 aliphatic carbocycles. The van der Waals surface area contributed by atoms with Crippen LogP contribution in [0.4, 0.5) is 0 Å². The molecular formula is C21H21N3O5. The van der Waals surface area contributed by atoms with Crippen molar-refractivity contribution in [3.8, 4) is 6.07 Å². The van der Waals surface area contributed by atoms with Crippen molar-refractivity contribution in [2.24, 2.45) is 0 Å². The van der Waals surface area contributed by atoms with Gasteiger partial charge in [-0.25, -0.2) is 4.79 Å². The average molecular weight is 395 g/mol. The highest BCUT2D eigenvalue weighted by atomic mass is 16.5. The number of rotatable bonds is 8. The van der Waals surface area contributed by atoms with Crippen LogP contribution in [0.3, 0.4) is 0 Å². The van der Waals surface area contributed by atoms with E-state index in [1.165, 1.54) is 6.08 Å². The van der Waals surface area contributed by atoms with Gasteiger partial charge in [0, 0.05) is 12.6 Å². The summed E-state index contributed by atoms with van der Waals surface area (Å²) in [5.41, 5.74) is 0.977. The van der Waals surface area contributed by atoms with E-state index in [0.717, 1.165) is 5.56 Å². The van der Waals surface area contributed by atoms with Crippen LogP contribution in [0.2, 0.25) is 0 Å². The van der Waals surface area contributed by atoms with Crippen LogP contribution in [-0.4, -0.2) is 30.9 Å². The molecule has 1 heterocycles. The van der Waals surface area contributed by atoms with Gasteiger partial charge in [-0.3, -0.25) is 9.59 Å². The lowest BCUT2D eigenvalue weighted by atomic mass is 10.1. The first-order valence-electron chi connectivity index (χ1n) is 9.01. The number of nitrogens with one attached hydrogen (secondary N) is 2. The van der Waals surface area contributed by atoms with Crippen LogP contribution >= 0.6 is 0 Å². The van der Waals surface area contributed by atoms with Gasteiger partial charge in [-0.2, -0.15) is 5.26 Å². The van der Waals surface area contributed by atoms with Crippen molar-refractivity contribution in [2.75, 3.05) is 13.2 Å². The quantitative estimate of drug-likeness (QED) is 0.304. The molecule has 0 fully saturated rings. The van der Waals surface area contributed by atoms with Crippen LogP contribution in [0.25, 0.3) is 6.08 Å². The molecule has 0 saturated heterocycles. The third kappa shape index (κ3) is 6.99. The Morgan fingerprint density at radius 2 is 1.86 bits per heavy atom. The average Bonchev–Trinajstić information content (AvgIpc) is 3.18. The van der Waals surface area contributed by atoms with E-state index < -0.39 is 17.8 Å². The summed E-state index contributed by atoms with van der Waals surface area (Å²) in [6, 6.07) is 14.6. The Hall–Kier alpha value is -3.86. The van der Waals surface area contributed by atoms with E-state index in [2.05, 4.69) is 15.4 Å². The number of benzene rings is 1. The number of furan rings is 1. The first kappa shape index (κ1) is 21.4. The van der Waals surface area contributed by atoms with Crippen molar-refractivity contribution in [2.45, 2.75) is 19.9 Å². The van der Waals surface area contributed by atoms with Gasteiger partial charge in [-0.1, -0.05) is 30.3 Å². The maximum atomic E-state index is 12.2. The predicted molar refractivity (Wildman–Crippen MR) is 104 cm³/mol. The predicted octanol–water partition coefficient (Wildman–Crippen LogP) is 1.72. The Bertz CT molecular complexity index is 925. The molecule has 29 heavy (non-hydrogen) atoms. The molecular weight excluding hydrogens is 374 g/mol. The molecule has 0 aliphatic rings. The van der Waals surface area contributed by atoms with E-state index in [1.54, 1.807) is 19.1 Å². The largest absolute Gasteiger partial charge is 0.460 e. The summed E-state index contributed by atoms with van der Waals surface area (Å²) in [5, 5.41) is 14.3. The van der Waals surface area contributed by atoms with E-state index in [1.807, 2.05) is 36.4 Å². The van der Waals surface area contributed by atoms with Crippen LogP contribution in [0.15, 0.2) is 52.5 Å². The molecule has 1 aromatic carbocycles. The molecule has 0 unspecified atom stereocenters. The molecule has 2 N–H and O–H groups in total. The summed E-state index contributed by atoms with van der Waals surface area (Å²) in [5.74, 6) is -1.72. The van der Waals surface area contributed by atoms with Gasteiger partial charge >= 0.3 is 11.9 Å². The zero-order chi connectivity index (χ0) is 21.1. The molecule has 0 radical (unpaired) electrons. The number of hydrogen-bond donors (Lipinski definition) is 2. The van der Waals surface area contributed by atoms with Crippen molar-refractivity contribution in [3.05, 3.63) is 65.1 Å². The zero-order valence-corrected chi connectivity index (χ0v) is 15.9. The van der Waals surface area contributed by atoms with E-state index in [4.69, 9.17) is 4.42 Å². The fourth-order valence-electron chi connectivity index (χ4n) is 2.35. The number of ether oxygens (including phenoxy) is 1. The number of carbonyl (C=O) groups is 3. The molecule has 2 rings (SSSR count). The smallest absolute Gasteiger partial charge is 0.396 e. The second-order valence-corrected chi connectivity index (χ2v) is 5.87. The highest BCUT2D eigenvalue weighted by Crippen LogP contribution is 2.12. The Balaban J connectivity index is 1.88. The van der Waals surface area contributed by atoms with E-state index in [-0.39, 0.29) is 24.5 Å². The number of nitrogens with zero attached hydrogens (tertiary/aromatic N) is 1. The minimum Gasteiger partial charge on any atom is -0.460 e. The summed E-state index contributed by atoms with van der Waals surface area (Å²) in [6.07, 6.45) is 1.96. The third-order valence-corrected chi connectivity index (χ3v) is 3.76. The van der Waals surface area contributed by atoms with Crippen molar-refractivity contribution in [1.29, 1.82) is 5.26 Å². The summed E-state index contributed by atoms with van der Waals surface area (Å²) < 4.78 is 10.0. The molecule has 0 atom stereocenters. The zero-order valence-electron chi connectivity index (χ0n) is 15.9. The first-order chi connectivity index (χ1) is 14.0. The Labute approximate surface area is 168 Å². The molecule has 0 bridgehead atoms. The molecule has 150 valence electrons. The minimum atomic E-state index is -0.974. The molecule has 0 aliphatic heterocycles. The van der Waals surface area contributed by atoms with Crippen LogP contribution in [0.5, 0.6) is 0 Å². The topological polar surface area (TPSA) is 121 Å². The molecule has 1 aromatic heterocycles. The van der Waals surface area contributed by atoms with Crippen molar-refractivity contribution in [3.63, 3.8) is 0 Å². The Kier molecular flexibility index (Phi) is 8.20. The number of hydrogen-bond acceptors (Lipinski definition) is 6. The third-order valence-electron chi connectivity index (χ3n) is 3.76. The van der Waals surface area contributed by atoms with Crippen molar-refractivity contribution < 1.29 is 23.5 Å². The lowest BCUT2D eigenvalue weighted by molar-refractivity contribution is -0.154. The lowest BCUT2D eigenvalue weighted by Gasteiger charge is -2.04. The standard InChI is InChI=1S/C21H21N3O5/c1-2-28-21(27)20(26)24-14-18-9-8-17(29-18)12-16(13-22)19(25)23-11-10-15-6-4-3-5-7-15/h3-9,12H,2,10-11,14H2,1H3,(H,23,25)(H,24,26)/b16-12-.